The maximum absolute atomic E-state index is 11.8. The summed E-state index contributed by atoms with van der Waals surface area (Å²) in [4.78, 5) is 13.7. The Morgan fingerprint density at radius 3 is 2.67 bits per heavy atom. The summed E-state index contributed by atoms with van der Waals surface area (Å²) in [6, 6.07) is 14.7. The first kappa shape index (κ1) is 16.7. The van der Waals surface area contributed by atoms with E-state index in [9.17, 15) is 4.79 Å². The minimum Gasteiger partial charge on any atom is -0.384 e. The fourth-order valence-electron chi connectivity index (χ4n) is 3.44. The third kappa shape index (κ3) is 3.20. The van der Waals surface area contributed by atoms with Crippen LogP contribution in [0.3, 0.4) is 0 Å². The molecule has 2 heterocycles. The predicted molar refractivity (Wildman–Crippen MR) is 101 cm³/mol. The molecule has 2 N–H and O–H groups in total. The molecular formula is C19H22ClN3O. The third-order valence-corrected chi connectivity index (χ3v) is 4.67. The number of nitrogens with zero attached hydrogens (tertiary/aromatic N) is 1. The second-order valence-electron chi connectivity index (χ2n) is 6.18. The molecule has 0 atom stereocenters. The first-order chi connectivity index (χ1) is 11.3. The van der Waals surface area contributed by atoms with Gasteiger partial charge in [0.05, 0.1) is 0 Å². The van der Waals surface area contributed by atoms with Gasteiger partial charge in [-0.3, -0.25) is 4.79 Å². The second-order valence-corrected chi connectivity index (χ2v) is 6.18. The monoisotopic (exact) mass is 343 g/mol. The normalized spacial score (nSPS) is 15.7. The predicted octanol–water partition coefficient (Wildman–Crippen LogP) is 3.82. The van der Waals surface area contributed by atoms with Crippen molar-refractivity contribution in [3.8, 4) is 0 Å². The lowest BCUT2D eigenvalue weighted by atomic mass is 10.1. The van der Waals surface area contributed by atoms with Gasteiger partial charge < -0.3 is 15.5 Å². The van der Waals surface area contributed by atoms with Crippen molar-refractivity contribution >= 4 is 35.4 Å². The molecule has 1 saturated heterocycles. The van der Waals surface area contributed by atoms with E-state index in [0.29, 0.717) is 6.42 Å². The lowest BCUT2D eigenvalue weighted by Crippen LogP contribution is -2.23. The Hall–Kier alpha value is -2.20. The maximum atomic E-state index is 11.8. The number of anilines is 3. The fraction of sp³-hybridized carbons (Fsp3) is 0.316. The molecule has 2 aromatic carbocycles. The molecule has 0 saturated carbocycles. The largest absolute Gasteiger partial charge is 0.384 e. The average Bonchev–Trinajstić information content (AvgIpc) is 3.22. The molecule has 2 aliphatic heterocycles. The Morgan fingerprint density at radius 1 is 1.08 bits per heavy atom. The molecule has 4 nitrogen and oxygen atoms in total. The Kier molecular flexibility index (Phi) is 4.95. The van der Waals surface area contributed by atoms with Crippen LogP contribution in [0.4, 0.5) is 17.1 Å². The summed E-state index contributed by atoms with van der Waals surface area (Å²) in [7, 11) is 0. The molecule has 0 unspecified atom stereocenters. The molecule has 0 spiro atoms. The summed E-state index contributed by atoms with van der Waals surface area (Å²) in [6.07, 6.45) is 2.75. The van der Waals surface area contributed by atoms with E-state index in [1.54, 1.807) is 0 Å². The van der Waals surface area contributed by atoms with Gasteiger partial charge in [-0.1, -0.05) is 18.2 Å². The molecule has 4 rings (SSSR count). The van der Waals surface area contributed by atoms with E-state index < -0.39 is 0 Å². The van der Waals surface area contributed by atoms with Crippen molar-refractivity contribution in [3.63, 3.8) is 0 Å². The lowest BCUT2D eigenvalue weighted by Gasteiger charge is -2.16. The molecule has 0 aliphatic carbocycles. The van der Waals surface area contributed by atoms with E-state index in [1.165, 1.54) is 16.8 Å². The first-order valence-electron chi connectivity index (χ1n) is 8.30. The van der Waals surface area contributed by atoms with E-state index in [-0.39, 0.29) is 18.3 Å². The zero-order valence-electron chi connectivity index (χ0n) is 13.5. The van der Waals surface area contributed by atoms with Gasteiger partial charge in [-0.2, -0.15) is 0 Å². The number of halogens is 1. The summed E-state index contributed by atoms with van der Waals surface area (Å²) < 4.78 is 0. The molecule has 126 valence electrons. The van der Waals surface area contributed by atoms with Crippen LogP contribution in [0.25, 0.3) is 0 Å². The fourth-order valence-corrected chi connectivity index (χ4v) is 3.44. The van der Waals surface area contributed by atoms with E-state index in [2.05, 4.69) is 41.0 Å². The van der Waals surface area contributed by atoms with Gasteiger partial charge in [0, 0.05) is 43.1 Å². The number of hydrogen-bond acceptors (Lipinski definition) is 3. The van der Waals surface area contributed by atoms with Gasteiger partial charge in [-0.25, -0.2) is 0 Å². The highest BCUT2D eigenvalue weighted by molar-refractivity contribution is 5.95. The second kappa shape index (κ2) is 7.14. The van der Waals surface area contributed by atoms with Gasteiger partial charge in [0.1, 0.15) is 0 Å². The van der Waals surface area contributed by atoms with Gasteiger partial charge in [-0.05, 0) is 48.2 Å². The van der Waals surface area contributed by atoms with Crippen molar-refractivity contribution in [2.45, 2.75) is 25.8 Å². The molecule has 2 aliphatic rings. The molecule has 24 heavy (non-hydrogen) atoms. The minimum atomic E-state index is 0. The summed E-state index contributed by atoms with van der Waals surface area (Å²) in [5.41, 5.74) is 6.08. The number of carbonyl (C=O) groups is 1. The maximum Gasteiger partial charge on any atom is 0.227 e. The molecule has 1 fully saturated rings. The summed E-state index contributed by atoms with van der Waals surface area (Å²) in [5.74, 6) is 0.233. The van der Waals surface area contributed by atoms with Gasteiger partial charge >= 0.3 is 0 Å². The van der Waals surface area contributed by atoms with Crippen LogP contribution in [0.1, 0.15) is 24.0 Å². The minimum absolute atomic E-state index is 0. The highest BCUT2D eigenvalue weighted by Gasteiger charge is 2.21. The quantitative estimate of drug-likeness (QED) is 0.887. The molecule has 0 bridgehead atoms. The zero-order valence-corrected chi connectivity index (χ0v) is 14.4. The Morgan fingerprint density at radius 2 is 1.92 bits per heavy atom. The molecular weight excluding hydrogens is 322 g/mol. The van der Waals surface area contributed by atoms with Crippen molar-refractivity contribution < 1.29 is 4.79 Å². The summed E-state index contributed by atoms with van der Waals surface area (Å²) in [6.45, 7) is 2.68. The van der Waals surface area contributed by atoms with Crippen LogP contribution in [0.5, 0.6) is 0 Å². The van der Waals surface area contributed by atoms with Crippen LogP contribution in [-0.4, -0.2) is 19.0 Å². The number of fused-ring (bicyclic) bond motifs is 1. The van der Waals surface area contributed by atoms with E-state index in [1.807, 2.05) is 17.0 Å². The number of para-hydroxylation sites is 1. The number of nitrogens with one attached hydrogen (secondary N) is 2. The van der Waals surface area contributed by atoms with Crippen LogP contribution in [-0.2, 0) is 17.8 Å². The topological polar surface area (TPSA) is 44.4 Å². The van der Waals surface area contributed by atoms with Crippen LogP contribution >= 0.6 is 12.4 Å². The van der Waals surface area contributed by atoms with Crippen LogP contribution < -0.4 is 15.5 Å². The standard InChI is InChI=1S/C19H21N3O.ClH/c23-18-5-2-12-22(18)17-8-6-16(7-9-17)21-13-15-4-1-3-14-10-11-20-19(14)15;/h1,3-4,6-9,20-21H,2,5,10-13H2;1H. The number of hydrogen-bond donors (Lipinski definition) is 2. The Bertz CT molecular complexity index is 730. The van der Waals surface area contributed by atoms with Crippen molar-refractivity contribution in [1.82, 2.24) is 0 Å². The van der Waals surface area contributed by atoms with Gasteiger partial charge in [0.15, 0.2) is 0 Å². The van der Waals surface area contributed by atoms with Gasteiger partial charge in [0.25, 0.3) is 0 Å². The van der Waals surface area contributed by atoms with E-state index >= 15 is 0 Å². The Balaban J connectivity index is 0.00000169. The lowest BCUT2D eigenvalue weighted by molar-refractivity contribution is -0.117. The highest BCUT2D eigenvalue weighted by Crippen LogP contribution is 2.27. The van der Waals surface area contributed by atoms with Gasteiger partial charge in [-0.15, -0.1) is 12.4 Å². The summed E-state index contributed by atoms with van der Waals surface area (Å²) in [5, 5.41) is 6.95. The van der Waals surface area contributed by atoms with E-state index in [0.717, 1.165) is 43.9 Å². The number of rotatable bonds is 4. The van der Waals surface area contributed by atoms with E-state index in [4.69, 9.17) is 0 Å². The SMILES string of the molecule is Cl.O=C1CCCN1c1ccc(NCc2cccc3c2NCC3)cc1. The zero-order chi connectivity index (χ0) is 15.6. The van der Waals surface area contributed by atoms with Crippen molar-refractivity contribution in [1.29, 1.82) is 0 Å². The van der Waals surface area contributed by atoms with Gasteiger partial charge in [0.2, 0.25) is 5.91 Å². The average molecular weight is 344 g/mol. The molecule has 1 amide bonds. The highest BCUT2D eigenvalue weighted by atomic mass is 35.5. The third-order valence-electron chi connectivity index (χ3n) is 4.67. The van der Waals surface area contributed by atoms with Crippen LogP contribution in [0, 0.1) is 0 Å². The molecule has 0 radical (unpaired) electrons. The van der Waals surface area contributed by atoms with Crippen molar-refractivity contribution in [2.24, 2.45) is 0 Å². The molecule has 2 aromatic rings. The number of amides is 1. The van der Waals surface area contributed by atoms with Crippen molar-refractivity contribution in [3.05, 3.63) is 53.6 Å². The smallest absolute Gasteiger partial charge is 0.227 e. The Labute approximate surface area is 148 Å². The molecule has 5 heteroatoms. The van der Waals surface area contributed by atoms with Crippen molar-refractivity contribution in [2.75, 3.05) is 28.6 Å². The number of benzene rings is 2. The number of carbonyl (C=O) groups excluding carboxylic acids is 1. The van der Waals surface area contributed by atoms with Crippen LogP contribution in [0.15, 0.2) is 42.5 Å². The molecule has 0 aromatic heterocycles. The van der Waals surface area contributed by atoms with Crippen LogP contribution in [0.2, 0.25) is 0 Å². The summed E-state index contributed by atoms with van der Waals surface area (Å²) >= 11 is 0. The first-order valence-corrected chi connectivity index (χ1v) is 8.30.